The molecule has 20 heteroatoms. The number of H-pyrrole nitrogens is 2. The molecule has 0 saturated heterocycles. The van der Waals surface area contributed by atoms with Gasteiger partial charge < -0.3 is 51.7 Å². The Labute approximate surface area is 499 Å². The Bertz CT molecular complexity index is 3440. The summed E-state index contributed by atoms with van der Waals surface area (Å²) in [5.74, 6) is 0.308. The van der Waals surface area contributed by atoms with Gasteiger partial charge in [0.1, 0.15) is 0 Å². The molecular formula is C64H72Cl2N14O4. The number of carbonyl (C=O) groups is 4. The second-order valence-corrected chi connectivity index (χ2v) is 23.5. The zero-order chi connectivity index (χ0) is 59.4. The molecule has 4 atom stereocenters. The van der Waals surface area contributed by atoms with Crippen LogP contribution < -0.4 is 31.9 Å². The van der Waals surface area contributed by atoms with Gasteiger partial charge in [0.15, 0.2) is 0 Å². The van der Waals surface area contributed by atoms with Crippen LogP contribution in [0.1, 0.15) is 85.9 Å². The van der Waals surface area contributed by atoms with Crippen molar-refractivity contribution in [1.29, 1.82) is 0 Å². The Hall–Kier alpha value is -8.42. The number of hydrogen-bond acceptors (Lipinski definition) is 12. The van der Waals surface area contributed by atoms with Gasteiger partial charge in [-0.1, -0.05) is 71.8 Å². The minimum absolute atomic E-state index is 0.0826. The maximum Gasteiger partial charge on any atom is 0.251 e. The van der Waals surface area contributed by atoms with E-state index < -0.39 is 11.1 Å². The van der Waals surface area contributed by atoms with Gasteiger partial charge in [0.2, 0.25) is 23.7 Å². The molecule has 0 spiro atoms. The first-order valence-corrected chi connectivity index (χ1v) is 28.9. The number of rotatable bonds is 18. The molecule has 8 aromatic rings. The summed E-state index contributed by atoms with van der Waals surface area (Å²) in [4.78, 5) is 79.5. The second kappa shape index (κ2) is 27.3. The summed E-state index contributed by atoms with van der Waals surface area (Å²) in [6.07, 6.45) is 20.7. The number of nitrogens with zero attached hydrogens (tertiary/aromatic N) is 6. The molecule has 2 saturated carbocycles. The van der Waals surface area contributed by atoms with Gasteiger partial charge in [0, 0.05) is 116 Å². The van der Waals surface area contributed by atoms with Crippen LogP contribution in [0.25, 0.3) is 44.3 Å². The number of para-hydroxylation sites is 2. The molecule has 4 heterocycles. The Kier molecular flexibility index (Phi) is 19.6. The van der Waals surface area contributed by atoms with Crippen LogP contribution >= 0.6 is 23.2 Å². The standard InChI is InChI=1S/2C32H36ClN7O2/c2*1-32(39-30(42)21-12-14-22(15-13-21)36-28(41)11-7-17-40(2)3)16-6-8-23(18-32)37-31-35-20-26(33)29(38-31)25-19-34-27-10-5-4-9-24(25)27/h2*4-5,7,9-15,19-20,23,34H,6,8,16-18H2,1-3H3,(H,36,41)(H,39,42)(H,35,37,38)/b2*11-7+/t23-,32+;/m1./s1. The first kappa shape index (κ1) is 60.2. The van der Waals surface area contributed by atoms with Gasteiger partial charge in [0.25, 0.3) is 11.8 Å². The first-order chi connectivity index (χ1) is 40.4. The number of nitrogens with one attached hydrogen (secondary N) is 8. The van der Waals surface area contributed by atoms with Crippen LogP contribution in [0.5, 0.6) is 0 Å². The van der Waals surface area contributed by atoms with Crippen molar-refractivity contribution < 1.29 is 19.2 Å². The number of carbonyl (C=O) groups excluding carboxylic acids is 4. The molecule has 4 aromatic heterocycles. The monoisotopic (exact) mass is 1170 g/mol. The number of likely N-dealkylation sites (N-methyl/N-ethyl adjacent to an activating group) is 2. The third-order valence-electron chi connectivity index (χ3n) is 14.9. The van der Waals surface area contributed by atoms with Gasteiger partial charge in [-0.2, -0.15) is 0 Å². The van der Waals surface area contributed by atoms with Crippen molar-refractivity contribution in [2.45, 2.75) is 88.4 Å². The highest BCUT2D eigenvalue weighted by molar-refractivity contribution is 6.33. The van der Waals surface area contributed by atoms with Crippen LogP contribution in [-0.2, 0) is 9.59 Å². The quantitative estimate of drug-likeness (QED) is 0.0375. The molecule has 0 radical (unpaired) electrons. The third-order valence-corrected chi connectivity index (χ3v) is 15.5. The van der Waals surface area contributed by atoms with Crippen LogP contribution in [-0.4, -0.2) is 128 Å². The maximum atomic E-state index is 13.2. The maximum absolute atomic E-state index is 13.2. The summed E-state index contributed by atoms with van der Waals surface area (Å²) in [6, 6.07) is 30.1. The molecule has 0 bridgehead atoms. The molecular weight excluding hydrogens is 1100 g/mol. The summed E-state index contributed by atoms with van der Waals surface area (Å²) < 4.78 is 0. The summed E-state index contributed by atoms with van der Waals surface area (Å²) in [5.41, 5.74) is 6.76. The molecule has 2 unspecified atom stereocenters. The molecule has 8 N–H and O–H groups in total. The molecule has 18 nitrogen and oxygen atoms in total. The number of aromatic amines is 2. The number of amides is 4. The number of fused-ring (bicyclic) bond motifs is 2. The van der Waals surface area contributed by atoms with Crippen LogP contribution in [0.15, 0.2) is 146 Å². The van der Waals surface area contributed by atoms with E-state index in [1.165, 1.54) is 12.2 Å². The summed E-state index contributed by atoms with van der Waals surface area (Å²) in [5, 5.41) is 22.1. The summed E-state index contributed by atoms with van der Waals surface area (Å²) >= 11 is 13.0. The lowest BCUT2D eigenvalue weighted by molar-refractivity contribution is -0.112. The molecule has 0 aliphatic heterocycles. The average molecular weight is 1170 g/mol. The number of aromatic nitrogens is 6. The van der Waals surface area contributed by atoms with E-state index in [1.54, 1.807) is 73.1 Å². The van der Waals surface area contributed by atoms with Crippen molar-refractivity contribution in [3.05, 3.63) is 167 Å². The van der Waals surface area contributed by atoms with Crippen LogP contribution in [0.3, 0.4) is 0 Å². The molecule has 10 rings (SSSR count). The lowest BCUT2D eigenvalue weighted by atomic mass is 9.80. The second-order valence-electron chi connectivity index (χ2n) is 22.6. The van der Waals surface area contributed by atoms with Gasteiger partial charge in [-0.25, -0.2) is 19.9 Å². The zero-order valence-electron chi connectivity index (χ0n) is 48.2. The fourth-order valence-corrected chi connectivity index (χ4v) is 11.2. The van der Waals surface area contributed by atoms with E-state index in [0.29, 0.717) is 68.9 Å². The van der Waals surface area contributed by atoms with Crippen LogP contribution in [0, 0.1) is 0 Å². The Balaban J connectivity index is 0.000000202. The molecule has 436 valence electrons. The van der Waals surface area contributed by atoms with Crippen molar-refractivity contribution >= 4 is 91.9 Å². The van der Waals surface area contributed by atoms with E-state index in [-0.39, 0.29) is 35.7 Å². The molecule has 84 heavy (non-hydrogen) atoms. The minimum Gasteiger partial charge on any atom is -0.360 e. The summed E-state index contributed by atoms with van der Waals surface area (Å²) in [7, 11) is 7.75. The largest absolute Gasteiger partial charge is 0.360 e. The number of anilines is 4. The van der Waals surface area contributed by atoms with E-state index in [4.69, 9.17) is 33.2 Å². The van der Waals surface area contributed by atoms with Crippen LogP contribution in [0.2, 0.25) is 10.0 Å². The highest BCUT2D eigenvalue weighted by atomic mass is 35.5. The molecule has 2 fully saturated rings. The minimum atomic E-state index is -0.400. The van der Waals surface area contributed by atoms with Crippen molar-refractivity contribution in [2.75, 3.05) is 62.5 Å². The van der Waals surface area contributed by atoms with Gasteiger partial charge in [0.05, 0.1) is 33.8 Å². The lowest BCUT2D eigenvalue weighted by Crippen LogP contribution is -2.51. The Morgan fingerprint density at radius 3 is 1.37 bits per heavy atom. The fourth-order valence-electron chi connectivity index (χ4n) is 10.8. The normalized spacial score (nSPS) is 18.8. The number of benzene rings is 4. The Morgan fingerprint density at radius 1 is 0.583 bits per heavy atom. The SMILES string of the molecule is CN(C)C/C=C/C(=O)Nc1ccc(C(=O)NC2(C)CCCC(Nc3ncc(Cl)c(-c4c[nH]c5ccccc45)n3)C2)cc1.CN(C)C/C=C/C(=O)Nc1ccc(C(=O)N[C@@]2(C)CCC[C@@H](Nc3ncc(Cl)c(-c4c[nH]c5ccccc45)n3)C2)cc1. The topological polar surface area (TPSA) is 230 Å². The number of hydrogen-bond donors (Lipinski definition) is 8. The van der Waals surface area contributed by atoms with Crippen molar-refractivity contribution in [1.82, 2.24) is 50.3 Å². The van der Waals surface area contributed by atoms with Crippen molar-refractivity contribution in [3.8, 4) is 22.5 Å². The Morgan fingerprint density at radius 2 is 0.976 bits per heavy atom. The van der Waals surface area contributed by atoms with Gasteiger partial charge in [-0.15, -0.1) is 0 Å². The summed E-state index contributed by atoms with van der Waals surface area (Å²) in [6.45, 7) is 5.52. The van der Waals surface area contributed by atoms with Crippen molar-refractivity contribution in [2.24, 2.45) is 0 Å². The average Bonchev–Trinajstić information content (AvgIpc) is 4.30. The van der Waals surface area contributed by atoms with Crippen molar-refractivity contribution in [3.63, 3.8) is 0 Å². The predicted molar refractivity (Wildman–Crippen MR) is 338 cm³/mol. The lowest BCUT2D eigenvalue weighted by Gasteiger charge is -2.39. The first-order valence-electron chi connectivity index (χ1n) is 28.2. The highest BCUT2D eigenvalue weighted by Crippen LogP contribution is 2.36. The van der Waals surface area contributed by atoms with E-state index in [9.17, 15) is 19.2 Å². The zero-order valence-corrected chi connectivity index (χ0v) is 49.7. The predicted octanol–water partition coefficient (Wildman–Crippen LogP) is 11.8. The highest BCUT2D eigenvalue weighted by Gasteiger charge is 2.36. The van der Waals surface area contributed by atoms with E-state index in [1.807, 2.05) is 98.9 Å². The van der Waals surface area contributed by atoms with Crippen LogP contribution in [0.4, 0.5) is 23.3 Å². The molecule has 2 aliphatic carbocycles. The molecule has 4 aromatic carbocycles. The van der Waals surface area contributed by atoms with E-state index >= 15 is 0 Å². The molecule has 4 amide bonds. The third kappa shape index (κ3) is 16.0. The van der Waals surface area contributed by atoms with E-state index in [2.05, 4.69) is 65.7 Å². The fraction of sp³-hybridized carbons (Fsp3) is 0.312. The van der Waals surface area contributed by atoms with Gasteiger partial charge in [-0.3, -0.25) is 19.2 Å². The van der Waals surface area contributed by atoms with E-state index in [0.717, 1.165) is 84.3 Å². The molecule has 2 aliphatic rings. The van der Waals surface area contributed by atoms with Gasteiger partial charge in [-0.05, 0) is 154 Å². The number of halogens is 2. The smallest absolute Gasteiger partial charge is 0.251 e. The van der Waals surface area contributed by atoms with Gasteiger partial charge >= 0.3 is 0 Å².